The summed E-state index contributed by atoms with van der Waals surface area (Å²) in [5.41, 5.74) is 6.52. The number of likely N-dealkylation sites (tertiary alicyclic amines) is 2. The molecule has 4 saturated heterocycles. The van der Waals surface area contributed by atoms with Crippen molar-refractivity contribution < 1.29 is 26.8 Å². The van der Waals surface area contributed by atoms with Crippen LogP contribution in [0.1, 0.15) is 37.7 Å². The van der Waals surface area contributed by atoms with Gasteiger partial charge in [0.15, 0.2) is 0 Å². The molecular formula is C33H42ClF2N7O4S. The zero-order valence-electron chi connectivity index (χ0n) is 27.0. The quantitative estimate of drug-likeness (QED) is 0.437. The van der Waals surface area contributed by atoms with Crippen LogP contribution < -0.4 is 15.5 Å². The first-order valence-electron chi connectivity index (χ1n) is 16.7. The lowest BCUT2D eigenvalue weighted by atomic mass is 9.71. The van der Waals surface area contributed by atoms with Gasteiger partial charge in [0.05, 0.1) is 4.90 Å². The number of nitrogens with zero attached hydrogens (tertiary/aromatic N) is 6. The Hall–Kier alpha value is -2.91. The predicted molar refractivity (Wildman–Crippen MR) is 177 cm³/mol. The highest BCUT2D eigenvalue weighted by molar-refractivity contribution is 7.89. The fourth-order valence-corrected chi connectivity index (χ4v) is 9.97. The molecule has 1 saturated carbocycles. The second kappa shape index (κ2) is 12.4. The molecule has 2 aromatic rings. The number of carbonyl (C=O) groups excluding carboxylic acids is 2. The minimum atomic E-state index is -3.82. The first-order chi connectivity index (χ1) is 22.7. The summed E-state index contributed by atoms with van der Waals surface area (Å²) in [6.07, 6.45) is 1.64. The highest BCUT2D eigenvalue weighted by Gasteiger charge is 2.53. The van der Waals surface area contributed by atoms with Crippen LogP contribution in [0.25, 0.3) is 0 Å². The number of halogens is 3. The molecule has 1 aromatic heterocycles. The number of sulfonamides is 1. The lowest BCUT2D eigenvalue weighted by molar-refractivity contribution is -0.163. The SMILES string of the molecule is CN1CC2(C1)CN(C(=O)C1CCC(C(F)(F)c3cc(Cl)nc(N4CCN(S(=O)(=O)c5ccc(N6C[C@H](N)CC6=O)cc5)CC4)c3)CC1)C2. The van der Waals surface area contributed by atoms with Crippen molar-refractivity contribution in [1.82, 2.24) is 19.1 Å². The predicted octanol–water partition coefficient (Wildman–Crippen LogP) is 2.98. The minimum Gasteiger partial charge on any atom is -0.354 e. The Morgan fingerprint density at radius 3 is 2.23 bits per heavy atom. The number of carbonyl (C=O) groups is 2. The monoisotopic (exact) mass is 705 g/mol. The van der Waals surface area contributed by atoms with Crippen molar-refractivity contribution in [2.45, 2.75) is 49.0 Å². The van der Waals surface area contributed by atoms with Crippen molar-refractivity contribution in [3.05, 3.63) is 47.1 Å². The van der Waals surface area contributed by atoms with E-state index in [-0.39, 0.29) is 96.1 Å². The topological polar surface area (TPSA) is 123 Å². The average molecular weight is 706 g/mol. The third-order valence-electron chi connectivity index (χ3n) is 10.8. The molecule has 4 aliphatic heterocycles. The van der Waals surface area contributed by atoms with Gasteiger partial charge in [-0.1, -0.05) is 11.6 Å². The zero-order valence-corrected chi connectivity index (χ0v) is 28.6. The van der Waals surface area contributed by atoms with Crippen molar-refractivity contribution in [2.24, 2.45) is 23.0 Å². The van der Waals surface area contributed by atoms with Crippen LogP contribution in [0.5, 0.6) is 0 Å². The van der Waals surface area contributed by atoms with Gasteiger partial charge in [-0.25, -0.2) is 22.2 Å². The molecule has 7 rings (SSSR count). The summed E-state index contributed by atoms with van der Waals surface area (Å²) in [7, 11) is -1.75. The highest BCUT2D eigenvalue weighted by Crippen LogP contribution is 2.47. The fourth-order valence-electron chi connectivity index (χ4n) is 8.34. The number of pyridine rings is 1. The van der Waals surface area contributed by atoms with E-state index < -0.39 is 21.9 Å². The Labute approximate surface area is 285 Å². The normalized spacial score (nSPS) is 26.9. The standard InChI is InChI=1S/C33H42ClF2N7O4S/c1-39-18-32(19-39)20-41(21-32)31(45)22-2-4-23(5-3-22)33(35,36)24-14-28(34)38-29(15-24)40-10-12-42(13-11-40)48(46,47)27-8-6-26(7-9-27)43-17-25(37)16-30(43)44/h6-9,14-15,22-23,25H,2-5,10-13,16-21,37H2,1H3/t22?,23?,25-/m1/s1. The minimum absolute atomic E-state index is 0.0491. The Bertz CT molecular complexity index is 1670. The van der Waals surface area contributed by atoms with Gasteiger partial charge in [-0.2, -0.15) is 4.31 Å². The lowest BCUT2D eigenvalue weighted by Gasteiger charge is -2.60. The molecule has 0 bridgehead atoms. The van der Waals surface area contributed by atoms with Crippen LogP contribution in [0.2, 0.25) is 5.15 Å². The molecule has 260 valence electrons. The zero-order chi connectivity index (χ0) is 34.0. The molecule has 0 radical (unpaired) electrons. The summed E-state index contributed by atoms with van der Waals surface area (Å²) in [6, 6.07) is 8.52. The van der Waals surface area contributed by atoms with Gasteiger partial charge < -0.3 is 25.3 Å². The summed E-state index contributed by atoms with van der Waals surface area (Å²) >= 11 is 6.28. The number of aromatic nitrogens is 1. The van der Waals surface area contributed by atoms with Crippen LogP contribution in [0, 0.1) is 17.3 Å². The highest BCUT2D eigenvalue weighted by atomic mass is 35.5. The number of amides is 2. The largest absolute Gasteiger partial charge is 0.354 e. The summed E-state index contributed by atoms with van der Waals surface area (Å²) < 4.78 is 60.2. The molecule has 1 aliphatic carbocycles. The van der Waals surface area contributed by atoms with Crippen LogP contribution in [-0.2, 0) is 25.5 Å². The second-order valence-corrected chi connectivity index (χ2v) is 16.8. The van der Waals surface area contributed by atoms with Gasteiger partial charge >= 0.3 is 0 Å². The average Bonchev–Trinajstić information content (AvgIpc) is 3.39. The van der Waals surface area contributed by atoms with Crippen LogP contribution in [0.15, 0.2) is 41.3 Å². The van der Waals surface area contributed by atoms with Crippen molar-refractivity contribution >= 4 is 44.9 Å². The molecule has 15 heteroatoms. The maximum Gasteiger partial charge on any atom is 0.276 e. The van der Waals surface area contributed by atoms with E-state index in [9.17, 15) is 18.0 Å². The number of piperazine rings is 1. The number of benzene rings is 1. The number of hydrogen-bond acceptors (Lipinski definition) is 8. The Morgan fingerprint density at radius 2 is 1.65 bits per heavy atom. The smallest absolute Gasteiger partial charge is 0.276 e. The number of alkyl halides is 2. The van der Waals surface area contributed by atoms with Crippen molar-refractivity contribution in [3.8, 4) is 0 Å². The first kappa shape index (κ1) is 33.6. The van der Waals surface area contributed by atoms with Gasteiger partial charge in [0.1, 0.15) is 11.0 Å². The maximum atomic E-state index is 16.0. The number of anilines is 2. The molecule has 5 heterocycles. The summed E-state index contributed by atoms with van der Waals surface area (Å²) in [5, 5.41) is -0.0491. The van der Waals surface area contributed by atoms with E-state index in [4.69, 9.17) is 17.3 Å². The number of hydrogen-bond donors (Lipinski definition) is 1. The van der Waals surface area contributed by atoms with E-state index in [1.54, 1.807) is 21.9 Å². The van der Waals surface area contributed by atoms with Crippen molar-refractivity contribution in [3.63, 3.8) is 0 Å². The van der Waals surface area contributed by atoms with Crippen molar-refractivity contribution in [2.75, 3.05) is 75.8 Å². The van der Waals surface area contributed by atoms with Gasteiger partial charge in [-0.05, 0) is 69.1 Å². The molecule has 2 N–H and O–H groups in total. The molecule has 5 aliphatic rings. The molecule has 5 fully saturated rings. The van der Waals surface area contributed by atoms with E-state index >= 15 is 8.78 Å². The van der Waals surface area contributed by atoms with Crippen LogP contribution >= 0.6 is 11.6 Å². The number of nitrogens with two attached hydrogens (primary N) is 1. The van der Waals surface area contributed by atoms with Crippen LogP contribution in [0.3, 0.4) is 0 Å². The van der Waals surface area contributed by atoms with E-state index in [1.165, 1.54) is 28.6 Å². The molecule has 0 unspecified atom stereocenters. The van der Waals surface area contributed by atoms with E-state index in [1.807, 2.05) is 4.90 Å². The third-order valence-corrected chi connectivity index (χ3v) is 12.9. The Balaban J connectivity index is 0.953. The molecule has 1 spiro atoms. The van der Waals surface area contributed by atoms with Crippen molar-refractivity contribution in [1.29, 1.82) is 0 Å². The third kappa shape index (κ3) is 6.19. The summed E-state index contributed by atoms with van der Waals surface area (Å²) in [6.45, 7) is 4.72. The lowest BCUT2D eigenvalue weighted by Crippen LogP contribution is -2.72. The van der Waals surface area contributed by atoms with Gasteiger partial charge in [0.2, 0.25) is 21.8 Å². The second-order valence-electron chi connectivity index (χ2n) is 14.4. The van der Waals surface area contributed by atoms with Gasteiger partial charge in [0, 0.05) is 99.9 Å². The Kier molecular flexibility index (Phi) is 8.71. The van der Waals surface area contributed by atoms with Gasteiger partial charge in [0.25, 0.3) is 5.92 Å². The molecule has 1 atom stereocenters. The van der Waals surface area contributed by atoms with Gasteiger partial charge in [-0.15, -0.1) is 0 Å². The Morgan fingerprint density at radius 1 is 1.00 bits per heavy atom. The van der Waals surface area contributed by atoms with Gasteiger partial charge in [-0.3, -0.25) is 9.59 Å². The van der Waals surface area contributed by atoms with E-state index in [2.05, 4.69) is 16.9 Å². The molecular weight excluding hydrogens is 664 g/mol. The fraction of sp³-hybridized carbons (Fsp3) is 0.606. The first-order valence-corrected chi connectivity index (χ1v) is 18.5. The van der Waals surface area contributed by atoms with E-state index in [0.717, 1.165) is 26.2 Å². The van der Waals surface area contributed by atoms with Crippen LogP contribution in [-0.4, -0.2) is 111 Å². The van der Waals surface area contributed by atoms with E-state index in [0.29, 0.717) is 25.1 Å². The van der Waals surface area contributed by atoms with Crippen LogP contribution in [0.4, 0.5) is 20.3 Å². The number of rotatable bonds is 7. The summed E-state index contributed by atoms with van der Waals surface area (Å²) in [4.78, 5) is 37.2. The molecule has 48 heavy (non-hydrogen) atoms. The molecule has 2 amide bonds. The molecule has 1 aromatic carbocycles. The molecule has 11 nitrogen and oxygen atoms in total. The summed E-state index contributed by atoms with van der Waals surface area (Å²) in [5.74, 6) is -3.99. The maximum absolute atomic E-state index is 16.0.